The number of rotatable bonds is 4. The van der Waals surface area contributed by atoms with Gasteiger partial charge in [0.05, 0.1) is 12.2 Å². The number of carbonyl (C=O) groups excluding carboxylic acids is 2. The average Bonchev–Trinajstić information content (AvgIpc) is 2.81. The zero-order valence-corrected chi connectivity index (χ0v) is 11.2. The lowest BCUT2D eigenvalue weighted by molar-refractivity contribution is -0.150. The van der Waals surface area contributed by atoms with Crippen molar-refractivity contribution in [3.05, 3.63) is 36.1 Å². The number of Topliss-reactive ketones (excluding diaryl/α,β-unsaturated/α-hetero) is 1. The minimum atomic E-state index is -1.22. The van der Waals surface area contributed by atoms with Crippen LogP contribution in [0.5, 0.6) is 0 Å². The Morgan fingerprint density at radius 3 is 2.63 bits per heavy atom. The molecule has 2 aromatic rings. The van der Waals surface area contributed by atoms with Crippen molar-refractivity contribution in [2.45, 2.75) is 20.8 Å². The molecule has 0 amide bonds. The molecular weight excluding hydrogens is 244 g/mol. The van der Waals surface area contributed by atoms with E-state index in [1.165, 1.54) is 6.26 Å². The number of furan rings is 1. The summed E-state index contributed by atoms with van der Waals surface area (Å²) in [5.41, 5.74) is -0.179. The first-order valence-corrected chi connectivity index (χ1v) is 6.16. The number of ketones is 1. The van der Waals surface area contributed by atoms with Crippen molar-refractivity contribution in [1.29, 1.82) is 0 Å². The van der Waals surface area contributed by atoms with Crippen LogP contribution < -0.4 is 0 Å². The van der Waals surface area contributed by atoms with Gasteiger partial charge in [-0.2, -0.15) is 0 Å². The van der Waals surface area contributed by atoms with Gasteiger partial charge in [0.2, 0.25) is 0 Å². The predicted molar refractivity (Wildman–Crippen MR) is 71.0 cm³/mol. The fourth-order valence-corrected chi connectivity index (χ4v) is 1.89. The Kier molecular flexibility index (Phi) is 3.42. The largest absolute Gasteiger partial charge is 0.465 e. The molecule has 4 heteroatoms. The number of carbonyl (C=O) groups is 2. The molecule has 0 bridgehead atoms. The third kappa shape index (κ3) is 2.26. The molecule has 0 aliphatic rings. The van der Waals surface area contributed by atoms with E-state index in [4.69, 9.17) is 9.15 Å². The summed E-state index contributed by atoms with van der Waals surface area (Å²) in [6.07, 6.45) is 1.40. The molecule has 19 heavy (non-hydrogen) atoms. The summed E-state index contributed by atoms with van der Waals surface area (Å²) in [5, 5.41) is 0.713. The Hall–Kier alpha value is -2.10. The molecule has 4 nitrogen and oxygen atoms in total. The molecule has 2 rings (SSSR count). The average molecular weight is 260 g/mol. The fourth-order valence-electron chi connectivity index (χ4n) is 1.89. The van der Waals surface area contributed by atoms with Gasteiger partial charge in [0, 0.05) is 5.39 Å². The summed E-state index contributed by atoms with van der Waals surface area (Å²) in [4.78, 5) is 24.4. The SMILES string of the molecule is CCOC(=O)C(C)(C)C(=O)c1coc2ccccc12. The molecule has 0 saturated carbocycles. The summed E-state index contributed by atoms with van der Waals surface area (Å²) in [6, 6.07) is 7.24. The highest BCUT2D eigenvalue weighted by atomic mass is 16.5. The summed E-state index contributed by atoms with van der Waals surface area (Å²) in [5.74, 6) is -0.818. The third-order valence-corrected chi connectivity index (χ3v) is 3.08. The summed E-state index contributed by atoms with van der Waals surface area (Å²) in [6.45, 7) is 5.09. The molecular formula is C15H16O4. The maximum Gasteiger partial charge on any atom is 0.319 e. The van der Waals surface area contributed by atoms with Gasteiger partial charge >= 0.3 is 5.97 Å². The smallest absolute Gasteiger partial charge is 0.319 e. The van der Waals surface area contributed by atoms with E-state index < -0.39 is 11.4 Å². The molecule has 1 aromatic carbocycles. The Morgan fingerprint density at radius 1 is 1.26 bits per heavy atom. The van der Waals surface area contributed by atoms with Gasteiger partial charge in [-0.3, -0.25) is 9.59 Å². The van der Waals surface area contributed by atoms with Gasteiger partial charge in [0.1, 0.15) is 17.3 Å². The quantitative estimate of drug-likeness (QED) is 0.481. The van der Waals surface area contributed by atoms with Crippen LogP contribution in [0.2, 0.25) is 0 Å². The maximum atomic E-state index is 12.5. The van der Waals surface area contributed by atoms with Gasteiger partial charge in [-0.05, 0) is 26.8 Å². The van der Waals surface area contributed by atoms with Crippen LogP contribution in [0.25, 0.3) is 11.0 Å². The van der Waals surface area contributed by atoms with Crippen LogP contribution in [0, 0.1) is 5.41 Å². The Bertz CT molecular complexity index is 622. The van der Waals surface area contributed by atoms with E-state index in [1.54, 1.807) is 32.9 Å². The lowest BCUT2D eigenvalue weighted by Gasteiger charge is -2.20. The second-order valence-corrected chi connectivity index (χ2v) is 4.82. The van der Waals surface area contributed by atoms with E-state index in [9.17, 15) is 9.59 Å². The van der Waals surface area contributed by atoms with Gasteiger partial charge in [-0.25, -0.2) is 0 Å². The van der Waals surface area contributed by atoms with E-state index in [2.05, 4.69) is 0 Å². The molecule has 0 spiro atoms. The number of fused-ring (bicyclic) bond motifs is 1. The van der Waals surface area contributed by atoms with Gasteiger partial charge in [0.15, 0.2) is 5.78 Å². The van der Waals surface area contributed by atoms with Crippen molar-refractivity contribution in [2.24, 2.45) is 5.41 Å². The van der Waals surface area contributed by atoms with Crippen molar-refractivity contribution >= 4 is 22.7 Å². The van der Waals surface area contributed by atoms with Crippen LogP contribution in [0.4, 0.5) is 0 Å². The molecule has 100 valence electrons. The Labute approximate surface area is 111 Å². The van der Waals surface area contributed by atoms with E-state index >= 15 is 0 Å². The minimum Gasteiger partial charge on any atom is -0.465 e. The van der Waals surface area contributed by atoms with Crippen LogP contribution in [0.15, 0.2) is 34.9 Å². The zero-order valence-electron chi connectivity index (χ0n) is 11.2. The maximum absolute atomic E-state index is 12.5. The number of para-hydroxylation sites is 1. The van der Waals surface area contributed by atoms with Gasteiger partial charge in [-0.15, -0.1) is 0 Å². The van der Waals surface area contributed by atoms with Crippen molar-refractivity contribution in [1.82, 2.24) is 0 Å². The van der Waals surface area contributed by atoms with Crippen LogP contribution in [-0.2, 0) is 9.53 Å². The number of hydrogen-bond acceptors (Lipinski definition) is 4. The first kappa shape index (κ1) is 13.3. The van der Waals surface area contributed by atoms with Crippen molar-refractivity contribution < 1.29 is 18.7 Å². The van der Waals surface area contributed by atoms with E-state index in [0.29, 0.717) is 16.5 Å². The monoisotopic (exact) mass is 260 g/mol. The van der Waals surface area contributed by atoms with Crippen LogP contribution in [0.1, 0.15) is 31.1 Å². The zero-order chi connectivity index (χ0) is 14.0. The molecule has 1 aromatic heterocycles. The third-order valence-electron chi connectivity index (χ3n) is 3.08. The summed E-state index contributed by atoms with van der Waals surface area (Å²) >= 11 is 0. The molecule has 0 radical (unpaired) electrons. The van der Waals surface area contributed by atoms with Crippen LogP contribution >= 0.6 is 0 Å². The second kappa shape index (κ2) is 4.88. The Morgan fingerprint density at radius 2 is 1.95 bits per heavy atom. The number of hydrogen-bond donors (Lipinski definition) is 0. The van der Waals surface area contributed by atoms with Gasteiger partial charge in [0.25, 0.3) is 0 Å². The first-order chi connectivity index (χ1) is 8.98. The number of benzene rings is 1. The van der Waals surface area contributed by atoms with Crippen molar-refractivity contribution in [2.75, 3.05) is 6.61 Å². The molecule has 0 atom stereocenters. The second-order valence-electron chi connectivity index (χ2n) is 4.82. The highest BCUT2D eigenvalue weighted by Gasteiger charge is 2.39. The number of esters is 1. The molecule has 0 aliphatic carbocycles. The molecule has 1 heterocycles. The first-order valence-electron chi connectivity index (χ1n) is 6.16. The number of ether oxygens (including phenoxy) is 1. The summed E-state index contributed by atoms with van der Waals surface area (Å²) < 4.78 is 10.3. The molecule has 0 N–H and O–H groups in total. The predicted octanol–water partition coefficient (Wildman–Crippen LogP) is 3.20. The normalized spacial score (nSPS) is 11.5. The summed E-state index contributed by atoms with van der Waals surface area (Å²) in [7, 11) is 0. The molecule has 0 saturated heterocycles. The van der Waals surface area contributed by atoms with E-state index in [1.807, 2.05) is 12.1 Å². The lowest BCUT2D eigenvalue weighted by atomic mass is 9.84. The highest BCUT2D eigenvalue weighted by molar-refractivity contribution is 6.17. The fraction of sp³-hybridized carbons (Fsp3) is 0.333. The van der Waals surface area contributed by atoms with Crippen molar-refractivity contribution in [3.8, 4) is 0 Å². The van der Waals surface area contributed by atoms with E-state index in [-0.39, 0.29) is 12.4 Å². The highest BCUT2D eigenvalue weighted by Crippen LogP contribution is 2.29. The van der Waals surface area contributed by atoms with Gasteiger partial charge < -0.3 is 9.15 Å². The molecule has 0 fully saturated rings. The molecule has 0 aliphatic heterocycles. The van der Waals surface area contributed by atoms with E-state index in [0.717, 1.165) is 0 Å². The van der Waals surface area contributed by atoms with Gasteiger partial charge in [-0.1, -0.05) is 18.2 Å². The lowest BCUT2D eigenvalue weighted by Crippen LogP contribution is -2.35. The van der Waals surface area contributed by atoms with Crippen molar-refractivity contribution in [3.63, 3.8) is 0 Å². The van der Waals surface area contributed by atoms with Crippen LogP contribution in [-0.4, -0.2) is 18.4 Å². The minimum absolute atomic E-state index is 0.252. The standard InChI is InChI=1S/C15H16O4/c1-4-18-14(17)15(2,3)13(16)11-9-19-12-8-6-5-7-10(11)12/h5-9H,4H2,1-3H3. The topological polar surface area (TPSA) is 56.5 Å². The molecule has 0 unspecified atom stereocenters. The van der Waals surface area contributed by atoms with Crippen LogP contribution in [0.3, 0.4) is 0 Å². The Balaban J connectivity index is 2.41.